The Kier molecular flexibility index (Phi) is 9.38. The Labute approximate surface area is 256 Å². The maximum Gasteiger partial charge on any atom is 0.243 e. The number of nitrogens with zero attached hydrogens (tertiary/aromatic N) is 1. The van der Waals surface area contributed by atoms with Crippen LogP contribution in [0, 0.1) is 17.0 Å². The first-order chi connectivity index (χ1) is 21.7. The van der Waals surface area contributed by atoms with Crippen LogP contribution in [-0.4, -0.2) is 41.6 Å². The van der Waals surface area contributed by atoms with E-state index in [1.165, 1.54) is 49.7 Å². The van der Waals surface area contributed by atoms with Gasteiger partial charge in [-0.05, 0) is 74.2 Å². The SMILES string of the molecule is COc1cc2nccc(Oc3ccc(NC(=O)C4(C(=O)Nc5ccc(F)cc5)CC4)cc3F)c2cc1OCCCCC(=O)NO. The zero-order valence-electron chi connectivity index (χ0n) is 24.2. The molecule has 1 fully saturated rings. The van der Waals surface area contributed by atoms with E-state index in [2.05, 4.69) is 15.6 Å². The summed E-state index contributed by atoms with van der Waals surface area (Å²) in [6.07, 6.45) is 3.34. The van der Waals surface area contributed by atoms with E-state index in [0.717, 1.165) is 6.07 Å². The molecule has 1 aliphatic carbocycles. The van der Waals surface area contributed by atoms with Gasteiger partial charge in [-0.1, -0.05) is 0 Å². The van der Waals surface area contributed by atoms with Crippen molar-refractivity contribution in [2.45, 2.75) is 32.1 Å². The highest BCUT2D eigenvalue weighted by atomic mass is 19.1. The van der Waals surface area contributed by atoms with Gasteiger partial charge < -0.3 is 24.8 Å². The number of benzene rings is 3. The second kappa shape index (κ2) is 13.6. The molecule has 234 valence electrons. The van der Waals surface area contributed by atoms with E-state index in [9.17, 15) is 18.8 Å². The van der Waals surface area contributed by atoms with Crippen LogP contribution < -0.4 is 30.3 Å². The van der Waals surface area contributed by atoms with Gasteiger partial charge >= 0.3 is 0 Å². The molecule has 1 aromatic heterocycles. The number of carbonyl (C=O) groups excluding carboxylic acids is 3. The van der Waals surface area contributed by atoms with Crippen LogP contribution in [0.25, 0.3) is 10.9 Å². The van der Waals surface area contributed by atoms with Crippen LogP contribution in [0.4, 0.5) is 20.2 Å². The number of unbranched alkanes of at least 4 members (excludes halogenated alkanes) is 1. The number of nitrogens with one attached hydrogen (secondary N) is 3. The zero-order valence-corrected chi connectivity index (χ0v) is 24.2. The van der Waals surface area contributed by atoms with Crippen LogP contribution in [0.3, 0.4) is 0 Å². The summed E-state index contributed by atoms with van der Waals surface area (Å²) in [4.78, 5) is 41.4. The number of anilines is 2. The first-order valence-corrected chi connectivity index (χ1v) is 14.1. The van der Waals surface area contributed by atoms with Crippen molar-refractivity contribution in [1.29, 1.82) is 0 Å². The molecule has 1 saturated carbocycles. The van der Waals surface area contributed by atoms with Gasteiger partial charge in [0.15, 0.2) is 23.1 Å². The van der Waals surface area contributed by atoms with Crippen molar-refractivity contribution in [2.75, 3.05) is 24.4 Å². The Morgan fingerprint density at radius 1 is 0.867 bits per heavy atom. The van der Waals surface area contributed by atoms with Crippen LogP contribution in [0.15, 0.2) is 66.9 Å². The summed E-state index contributed by atoms with van der Waals surface area (Å²) in [6.45, 7) is 0.272. The largest absolute Gasteiger partial charge is 0.493 e. The number of aromatic nitrogens is 1. The molecule has 4 N–H and O–H groups in total. The minimum Gasteiger partial charge on any atom is -0.493 e. The molecule has 1 heterocycles. The predicted octanol–water partition coefficient (Wildman–Crippen LogP) is 5.73. The fraction of sp³-hybridized carbons (Fsp3) is 0.250. The summed E-state index contributed by atoms with van der Waals surface area (Å²) in [5.41, 5.74) is 1.29. The first-order valence-electron chi connectivity index (χ1n) is 14.1. The molecule has 0 bridgehead atoms. The second-order valence-electron chi connectivity index (χ2n) is 10.4. The Morgan fingerprint density at radius 3 is 2.24 bits per heavy atom. The number of hydrogen-bond donors (Lipinski definition) is 4. The average Bonchev–Trinajstić information content (AvgIpc) is 3.85. The molecule has 4 aromatic rings. The number of carbonyl (C=O) groups is 3. The molecule has 3 aromatic carbocycles. The lowest BCUT2D eigenvalue weighted by atomic mass is 10.0. The first kappa shape index (κ1) is 31.1. The molecule has 0 unspecified atom stereocenters. The van der Waals surface area contributed by atoms with Crippen molar-refractivity contribution in [3.8, 4) is 23.0 Å². The van der Waals surface area contributed by atoms with E-state index >= 15 is 4.39 Å². The second-order valence-corrected chi connectivity index (χ2v) is 10.4. The number of ether oxygens (including phenoxy) is 3. The van der Waals surface area contributed by atoms with Gasteiger partial charge in [-0.25, -0.2) is 14.3 Å². The van der Waals surface area contributed by atoms with Gasteiger partial charge in [-0.3, -0.25) is 24.6 Å². The molecule has 0 atom stereocenters. The third-order valence-corrected chi connectivity index (χ3v) is 7.30. The van der Waals surface area contributed by atoms with Crippen LogP contribution in [0.2, 0.25) is 0 Å². The van der Waals surface area contributed by atoms with Crippen molar-refractivity contribution in [1.82, 2.24) is 10.5 Å². The smallest absolute Gasteiger partial charge is 0.243 e. The lowest BCUT2D eigenvalue weighted by Gasteiger charge is -2.16. The molecule has 45 heavy (non-hydrogen) atoms. The van der Waals surface area contributed by atoms with E-state index in [-0.39, 0.29) is 30.2 Å². The zero-order chi connectivity index (χ0) is 32.0. The highest BCUT2D eigenvalue weighted by Gasteiger charge is 2.56. The predicted molar refractivity (Wildman–Crippen MR) is 159 cm³/mol. The van der Waals surface area contributed by atoms with E-state index in [0.29, 0.717) is 53.8 Å². The van der Waals surface area contributed by atoms with Crippen molar-refractivity contribution in [2.24, 2.45) is 5.41 Å². The van der Waals surface area contributed by atoms with Crippen molar-refractivity contribution < 1.29 is 42.6 Å². The summed E-state index contributed by atoms with van der Waals surface area (Å²) in [6, 6.07) is 14.0. The molecule has 0 aliphatic heterocycles. The quantitative estimate of drug-likeness (QED) is 0.0642. The highest BCUT2D eigenvalue weighted by molar-refractivity contribution is 6.16. The molecule has 3 amide bonds. The van der Waals surface area contributed by atoms with Crippen molar-refractivity contribution in [3.63, 3.8) is 0 Å². The van der Waals surface area contributed by atoms with Crippen molar-refractivity contribution >= 4 is 40.0 Å². The van der Waals surface area contributed by atoms with Gasteiger partial charge in [0.05, 0.1) is 19.2 Å². The van der Waals surface area contributed by atoms with Crippen LogP contribution in [-0.2, 0) is 14.4 Å². The topological polar surface area (TPSA) is 148 Å². The van der Waals surface area contributed by atoms with Gasteiger partial charge in [0, 0.05) is 41.5 Å². The summed E-state index contributed by atoms with van der Waals surface area (Å²) in [5.74, 6) is -1.79. The number of hydrogen-bond acceptors (Lipinski definition) is 8. The Hall–Kier alpha value is -5.30. The normalized spacial score (nSPS) is 13.1. The maximum absolute atomic E-state index is 15.2. The third-order valence-electron chi connectivity index (χ3n) is 7.30. The molecular formula is C32H30F2N4O7. The van der Waals surface area contributed by atoms with Gasteiger partial charge in [-0.15, -0.1) is 0 Å². The van der Waals surface area contributed by atoms with E-state index in [1.54, 1.807) is 23.7 Å². The minimum atomic E-state index is -1.30. The molecule has 5 rings (SSSR count). The summed E-state index contributed by atoms with van der Waals surface area (Å²) in [7, 11) is 1.48. The lowest BCUT2D eigenvalue weighted by Crippen LogP contribution is -2.35. The fourth-order valence-electron chi connectivity index (χ4n) is 4.61. The van der Waals surface area contributed by atoms with Gasteiger partial charge in [-0.2, -0.15) is 0 Å². The highest BCUT2D eigenvalue weighted by Crippen LogP contribution is 2.47. The molecule has 11 nitrogen and oxygen atoms in total. The molecular weight excluding hydrogens is 590 g/mol. The number of pyridine rings is 1. The van der Waals surface area contributed by atoms with E-state index < -0.39 is 34.8 Å². The van der Waals surface area contributed by atoms with E-state index in [4.69, 9.17) is 19.4 Å². The maximum atomic E-state index is 15.2. The number of halogens is 2. The number of hydroxylamine groups is 1. The van der Waals surface area contributed by atoms with E-state index in [1.807, 2.05) is 0 Å². The minimum absolute atomic E-state index is 0.115. The summed E-state index contributed by atoms with van der Waals surface area (Å²) >= 11 is 0. The number of amides is 3. The summed E-state index contributed by atoms with van der Waals surface area (Å²) in [5, 5.41) is 14.4. The van der Waals surface area contributed by atoms with Crippen LogP contribution in [0.1, 0.15) is 32.1 Å². The van der Waals surface area contributed by atoms with Crippen LogP contribution in [0.5, 0.6) is 23.0 Å². The molecule has 1 aliphatic rings. The third kappa shape index (κ3) is 7.27. The Morgan fingerprint density at radius 2 is 1.58 bits per heavy atom. The van der Waals surface area contributed by atoms with Gasteiger partial charge in [0.2, 0.25) is 17.7 Å². The average molecular weight is 621 g/mol. The molecule has 0 spiro atoms. The van der Waals surface area contributed by atoms with Gasteiger partial charge in [0.1, 0.15) is 17.0 Å². The molecule has 0 radical (unpaired) electrons. The van der Waals surface area contributed by atoms with Crippen LogP contribution >= 0.6 is 0 Å². The number of methoxy groups -OCH3 is 1. The molecule has 0 saturated heterocycles. The summed E-state index contributed by atoms with van der Waals surface area (Å²) < 4.78 is 45.6. The Balaban J connectivity index is 1.26. The monoisotopic (exact) mass is 620 g/mol. The van der Waals surface area contributed by atoms with Crippen molar-refractivity contribution in [3.05, 3.63) is 78.5 Å². The fourth-order valence-corrected chi connectivity index (χ4v) is 4.61. The Bertz CT molecular complexity index is 1730. The standard InChI is InChI=1S/C32H30F2N4O7/c1-43-27-18-24-22(17-28(27)44-15-3-2-4-29(39)38-42)25(11-14-35-24)45-26-10-9-21(16-23(26)34)37-31(41)32(12-13-32)30(40)36-20-7-5-19(33)6-8-20/h5-11,14,16-18,42H,2-4,12-13,15H2,1H3,(H,36,40)(H,37,41)(H,38,39). The molecule has 13 heteroatoms. The lowest BCUT2D eigenvalue weighted by molar-refractivity contribution is -0.131. The van der Waals surface area contributed by atoms with Gasteiger partial charge in [0.25, 0.3) is 0 Å². The number of rotatable bonds is 13. The number of fused-ring (bicyclic) bond motifs is 1.